The molecule has 0 aromatic rings. The number of hydrogen-bond donors (Lipinski definition) is 6. The van der Waals surface area contributed by atoms with E-state index in [0.717, 1.165) is 103 Å². The van der Waals surface area contributed by atoms with Gasteiger partial charge >= 0.3 is 5.97 Å². The number of hydrogen-bond acceptors (Lipinski definition) is 10. The van der Waals surface area contributed by atoms with Gasteiger partial charge in [0.25, 0.3) is 0 Å². The van der Waals surface area contributed by atoms with Gasteiger partial charge in [-0.2, -0.15) is 0 Å². The number of unbranched alkanes of at least 4 members (excludes halogenated alkanes) is 24. The van der Waals surface area contributed by atoms with Gasteiger partial charge < -0.3 is 45.1 Å². The average molecular weight is 1090 g/mol. The molecule has 1 heterocycles. The molecule has 0 saturated carbocycles. The molecule has 0 radical (unpaired) electrons. The van der Waals surface area contributed by atoms with E-state index >= 15 is 0 Å². The molecular weight excluding hydrogens is 979 g/mol. The molecule has 8 atom stereocenters. The maximum atomic E-state index is 13.4. The van der Waals surface area contributed by atoms with Crippen molar-refractivity contribution in [3.63, 3.8) is 0 Å². The predicted molar refractivity (Wildman–Crippen MR) is 324 cm³/mol. The van der Waals surface area contributed by atoms with Crippen molar-refractivity contribution in [1.29, 1.82) is 0 Å². The topological polar surface area (TPSA) is 175 Å². The molecule has 1 aliphatic heterocycles. The molecule has 448 valence electrons. The highest BCUT2D eigenvalue weighted by Gasteiger charge is 2.47. The van der Waals surface area contributed by atoms with Crippen LogP contribution in [0, 0.1) is 0 Å². The maximum Gasteiger partial charge on any atom is 0.306 e. The lowest BCUT2D eigenvalue weighted by Crippen LogP contribution is -2.61. The van der Waals surface area contributed by atoms with Crippen LogP contribution < -0.4 is 5.32 Å². The SMILES string of the molecule is CC/C=C\C/C=C\C/C=C\C/C=C\C/C=C\C/C=C\CCCCCCC(=O)OC1C(OCC(NC(=O)C(O)CCCC/C=C\CCCCCCCCC)C(O)/C=C/CCCCCCCCCCCCC)OC(CO)C(O)C1O. The smallest absolute Gasteiger partial charge is 0.306 e. The van der Waals surface area contributed by atoms with Crippen LogP contribution in [0.3, 0.4) is 0 Å². The number of allylic oxidation sites excluding steroid dienone is 15. The van der Waals surface area contributed by atoms with Crippen LogP contribution in [0.1, 0.15) is 252 Å². The fourth-order valence-electron chi connectivity index (χ4n) is 9.24. The lowest BCUT2D eigenvalue weighted by atomic mass is 9.99. The lowest BCUT2D eigenvalue weighted by Gasteiger charge is -2.41. The van der Waals surface area contributed by atoms with Crippen LogP contribution in [0.15, 0.2) is 97.2 Å². The minimum absolute atomic E-state index is 0.0874. The van der Waals surface area contributed by atoms with E-state index in [1.54, 1.807) is 6.08 Å². The molecule has 1 rings (SSSR count). The highest BCUT2D eigenvalue weighted by atomic mass is 16.7. The first-order valence-corrected chi connectivity index (χ1v) is 31.5. The Labute approximate surface area is 475 Å². The lowest BCUT2D eigenvalue weighted by molar-refractivity contribution is -0.305. The number of aliphatic hydroxyl groups is 5. The zero-order valence-corrected chi connectivity index (χ0v) is 49.5. The number of carbonyl (C=O) groups is 2. The van der Waals surface area contributed by atoms with Crippen LogP contribution in [0.4, 0.5) is 0 Å². The molecule has 1 fully saturated rings. The van der Waals surface area contributed by atoms with E-state index in [-0.39, 0.29) is 19.4 Å². The van der Waals surface area contributed by atoms with Crippen molar-refractivity contribution >= 4 is 11.9 Å². The summed E-state index contributed by atoms with van der Waals surface area (Å²) in [6, 6.07) is -1.04. The minimum Gasteiger partial charge on any atom is -0.454 e. The van der Waals surface area contributed by atoms with Gasteiger partial charge in [0.2, 0.25) is 5.91 Å². The zero-order chi connectivity index (χ0) is 56.8. The van der Waals surface area contributed by atoms with Crippen molar-refractivity contribution in [2.75, 3.05) is 13.2 Å². The summed E-state index contributed by atoms with van der Waals surface area (Å²) in [6.45, 7) is 5.64. The Balaban J connectivity index is 2.69. The van der Waals surface area contributed by atoms with Crippen molar-refractivity contribution < 1.29 is 49.3 Å². The molecule has 1 amide bonds. The van der Waals surface area contributed by atoms with Gasteiger partial charge in [-0.15, -0.1) is 0 Å². The highest BCUT2D eigenvalue weighted by molar-refractivity contribution is 5.80. The Hall–Kier alpha value is -3.42. The Morgan fingerprint density at radius 1 is 0.513 bits per heavy atom. The molecule has 78 heavy (non-hydrogen) atoms. The first-order valence-electron chi connectivity index (χ1n) is 31.5. The molecule has 11 heteroatoms. The third kappa shape index (κ3) is 41.6. The summed E-state index contributed by atoms with van der Waals surface area (Å²) in [5.41, 5.74) is 0. The van der Waals surface area contributed by atoms with Crippen molar-refractivity contribution in [2.45, 2.75) is 301 Å². The Morgan fingerprint density at radius 3 is 1.40 bits per heavy atom. The third-order valence-electron chi connectivity index (χ3n) is 14.2. The van der Waals surface area contributed by atoms with E-state index in [1.807, 2.05) is 6.08 Å². The molecule has 0 bridgehead atoms. The van der Waals surface area contributed by atoms with Crippen LogP contribution in [-0.2, 0) is 23.8 Å². The Bertz CT molecular complexity index is 1630. The number of esters is 1. The molecule has 11 nitrogen and oxygen atoms in total. The second-order valence-corrected chi connectivity index (χ2v) is 21.4. The quantitative estimate of drug-likeness (QED) is 0.0195. The van der Waals surface area contributed by atoms with E-state index in [2.05, 4.69) is 111 Å². The van der Waals surface area contributed by atoms with E-state index in [4.69, 9.17) is 14.2 Å². The summed E-state index contributed by atoms with van der Waals surface area (Å²) < 4.78 is 17.6. The molecule has 0 aromatic carbocycles. The van der Waals surface area contributed by atoms with Gasteiger partial charge in [-0.1, -0.05) is 240 Å². The number of ether oxygens (including phenoxy) is 3. The summed E-state index contributed by atoms with van der Waals surface area (Å²) in [4.78, 5) is 26.5. The summed E-state index contributed by atoms with van der Waals surface area (Å²) in [5.74, 6) is -1.24. The first kappa shape index (κ1) is 72.6. The van der Waals surface area contributed by atoms with Crippen LogP contribution in [0.2, 0.25) is 0 Å². The summed E-state index contributed by atoms with van der Waals surface area (Å²) >= 11 is 0. The van der Waals surface area contributed by atoms with Crippen molar-refractivity contribution in [2.24, 2.45) is 0 Å². The van der Waals surface area contributed by atoms with Crippen LogP contribution in [0.5, 0.6) is 0 Å². The second-order valence-electron chi connectivity index (χ2n) is 21.4. The molecule has 0 spiro atoms. The first-order chi connectivity index (χ1) is 38.2. The Morgan fingerprint density at radius 2 is 0.923 bits per heavy atom. The van der Waals surface area contributed by atoms with Gasteiger partial charge in [0.05, 0.1) is 25.4 Å². The molecule has 0 aliphatic carbocycles. The monoisotopic (exact) mass is 1090 g/mol. The Kier molecular flexibility index (Phi) is 50.4. The molecular formula is C67H115NO10. The van der Waals surface area contributed by atoms with Crippen LogP contribution in [0.25, 0.3) is 0 Å². The average Bonchev–Trinajstić information content (AvgIpc) is 3.44. The maximum absolute atomic E-state index is 13.4. The predicted octanol–water partition coefficient (Wildman–Crippen LogP) is 15.1. The summed E-state index contributed by atoms with van der Waals surface area (Å²) in [7, 11) is 0. The molecule has 0 aromatic heterocycles. The summed E-state index contributed by atoms with van der Waals surface area (Å²) in [6.07, 6.45) is 61.6. The van der Waals surface area contributed by atoms with Gasteiger partial charge in [-0.3, -0.25) is 9.59 Å². The van der Waals surface area contributed by atoms with Crippen molar-refractivity contribution in [3.8, 4) is 0 Å². The zero-order valence-electron chi connectivity index (χ0n) is 49.5. The summed E-state index contributed by atoms with van der Waals surface area (Å²) in [5, 5.41) is 56.9. The van der Waals surface area contributed by atoms with E-state index in [9.17, 15) is 35.1 Å². The van der Waals surface area contributed by atoms with Gasteiger partial charge in [-0.25, -0.2) is 0 Å². The third-order valence-corrected chi connectivity index (χ3v) is 14.2. The molecule has 8 unspecified atom stereocenters. The van der Waals surface area contributed by atoms with Gasteiger partial charge in [0.1, 0.15) is 24.4 Å². The number of aliphatic hydroxyl groups excluding tert-OH is 5. The van der Waals surface area contributed by atoms with Gasteiger partial charge in [0.15, 0.2) is 12.4 Å². The number of rotatable bonds is 52. The van der Waals surface area contributed by atoms with Crippen LogP contribution in [-0.4, -0.2) is 99.6 Å². The fourth-order valence-corrected chi connectivity index (χ4v) is 9.24. The molecule has 1 saturated heterocycles. The number of amides is 1. The van der Waals surface area contributed by atoms with Crippen molar-refractivity contribution in [1.82, 2.24) is 5.32 Å². The van der Waals surface area contributed by atoms with Gasteiger partial charge in [0, 0.05) is 6.42 Å². The minimum atomic E-state index is -1.63. The van der Waals surface area contributed by atoms with Crippen molar-refractivity contribution in [3.05, 3.63) is 97.2 Å². The fraction of sp³-hybridized carbons (Fsp3) is 0.731. The molecule has 1 aliphatic rings. The van der Waals surface area contributed by atoms with E-state index in [1.165, 1.54) is 103 Å². The van der Waals surface area contributed by atoms with E-state index < -0.39 is 67.4 Å². The van der Waals surface area contributed by atoms with Gasteiger partial charge in [-0.05, 0) is 103 Å². The largest absolute Gasteiger partial charge is 0.454 e. The number of nitrogens with one attached hydrogen (secondary N) is 1. The second kappa shape index (κ2) is 54.2. The number of carbonyl (C=O) groups excluding carboxylic acids is 2. The van der Waals surface area contributed by atoms with E-state index in [0.29, 0.717) is 12.8 Å². The highest BCUT2D eigenvalue weighted by Crippen LogP contribution is 2.26. The van der Waals surface area contributed by atoms with Crippen LogP contribution >= 0.6 is 0 Å². The standard InChI is InChI=1S/C67H115NO10/c1-4-7-10-13-16-19-22-25-26-27-28-29-30-31-32-33-34-37-40-43-46-49-52-55-62(72)78-65-64(74)63(73)61(56-69)77-67(65)76-57-58(59(70)53-50-47-44-41-38-35-23-20-17-14-11-8-5-2)68-66(75)60(71)54-51-48-45-42-39-36-24-21-18-15-12-9-6-3/h7,10,16,19,25-26,28-29,31-32,34,37,39,42,50,53,58-61,63-65,67,69-71,73-74H,4-6,8-9,11-15,17-18,20-24,27,30,33,35-36,38,40-41,43-49,51-52,54-57H2,1-3H3,(H,68,75)/b10-7-,19-16-,26-25-,29-28-,32-31-,37-34-,42-39-,53-50+. The normalized spacial score (nSPS) is 19.6. The molecule has 6 N–H and O–H groups in total.